The van der Waals surface area contributed by atoms with Crippen LogP contribution in [-0.4, -0.2) is 115 Å². The van der Waals surface area contributed by atoms with Crippen molar-refractivity contribution < 1.29 is 48.0 Å². The molecule has 0 unspecified atom stereocenters. The van der Waals surface area contributed by atoms with Crippen LogP contribution in [0.1, 0.15) is 37.8 Å². The average Bonchev–Trinajstić information content (AvgIpc) is 3.40. The van der Waals surface area contributed by atoms with E-state index < -0.39 is 54.5 Å². The van der Waals surface area contributed by atoms with Crippen molar-refractivity contribution in [1.82, 2.24) is 19.8 Å². The zero-order valence-corrected chi connectivity index (χ0v) is 29.7. The van der Waals surface area contributed by atoms with Gasteiger partial charge in [0.2, 0.25) is 5.91 Å². The molecule has 0 spiro atoms. The van der Waals surface area contributed by atoms with E-state index in [1.165, 1.54) is 12.3 Å². The Labute approximate surface area is 301 Å². The summed E-state index contributed by atoms with van der Waals surface area (Å²) in [5, 5.41) is 14.7. The number of hydrogen-bond donors (Lipinski definition) is 3. The molecule has 0 saturated carbocycles. The Morgan fingerprint density at radius 2 is 1.56 bits per heavy atom. The number of alkyl carbamates (subject to hydrolysis) is 1. The molecule has 1 atom stereocenters. The average molecular weight is 724 g/mol. The summed E-state index contributed by atoms with van der Waals surface area (Å²) in [5.41, 5.74) is 2.54. The number of nitrogens with one attached hydrogen (secondary N) is 2. The molecule has 16 heteroatoms. The molecule has 1 aliphatic carbocycles. The quantitative estimate of drug-likeness (QED) is 0.163. The van der Waals surface area contributed by atoms with Crippen molar-refractivity contribution in [3.8, 4) is 11.1 Å². The Bertz CT molecular complexity index is 1710. The summed E-state index contributed by atoms with van der Waals surface area (Å²) >= 11 is 0. The molecule has 3 aromatic rings. The minimum Gasteiger partial charge on any atom is -0.480 e. The molecule has 0 aliphatic heterocycles. The molecule has 1 aliphatic rings. The van der Waals surface area contributed by atoms with Gasteiger partial charge in [0.05, 0.1) is 39.1 Å². The third-order valence-electron chi connectivity index (χ3n) is 7.72. The van der Waals surface area contributed by atoms with Crippen LogP contribution < -0.4 is 16.3 Å². The van der Waals surface area contributed by atoms with Crippen molar-refractivity contribution in [1.29, 1.82) is 0 Å². The number of ether oxygens (including phenoxy) is 5. The van der Waals surface area contributed by atoms with Gasteiger partial charge in [0.15, 0.2) is 0 Å². The fourth-order valence-electron chi connectivity index (χ4n) is 5.49. The lowest BCUT2D eigenvalue weighted by Gasteiger charge is -2.27. The Morgan fingerprint density at radius 3 is 2.17 bits per heavy atom. The highest BCUT2D eigenvalue weighted by Gasteiger charge is 2.30. The lowest BCUT2D eigenvalue weighted by Crippen LogP contribution is -2.50. The molecule has 52 heavy (non-hydrogen) atoms. The summed E-state index contributed by atoms with van der Waals surface area (Å²) in [6.07, 6.45) is -0.375. The minimum absolute atomic E-state index is 0.0350. The molecule has 3 N–H and O–H groups in total. The zero-order chi connectivity index (χ0) is 37.7. The Hall–Kier alpha value is -5.32. The SMILES string of the molecule is COCCOCCOC[C@@H](CN(CC(=O)O)C(=O)Cn1ccc(NC(=O)OC(C)(C)C)nc1=O)NC(=O)OCC1c2ccccc2-c2ccccc21. The standard InChI is InChI=1S/C36H45N5O11/c1-36(2,3)52-35(47)39-30-13-14-40(33(45)38-30)20-31(42)41(21-32(43)44)19-24(22-50-18-17-49-16-15-48-4)37-34(46)51-23-29-27-11-7-5-9-25(27)26-10-6-8-12-28(26)29/h5-14,24,29H,15-23H2,1-4H3,(H,37,46)(H,43,44)(H,38,39,45,47)/t24-/m1/s1. The van der Waals surface area contributed by atoms with Gasteiger partial charge in [-0.25, -0.2) is 14.4 Å². The predicted octanol–water partition coefficient (Wildman–Crippen LogP) is 3.09. The second-order valence-corrected chi connectivity index (χ2v) is 12.9. The number of fused-ring (bicyclic) bond motifs is 3. The first-order chi connectivity index (χ1) is 24.8. The first-order valence-corrected chi connectivity index (χ1v) is 16.7. The maximum Gasteiger partial charge on any atom is 0.413 e. The van der Waals surface area contributed by atoms with Crippen molar-refractivity contribution >= 4 is 29.9 Å². The van der Waals surface area contributed by atoms with Gasteiger partial charge in [0.25, 0.3) is 0 Å². The topological polar surface area (TPSA) is 197 Å². The fraction of sp³-hybridized carbons (Fsp3) is 0.444. The van der Waals surface area contributed by atoms with Gasteiger partial charge < -0.3 is 39.0 Å². The van der Waals surface area contributed by atoms with E-state index in [0.717, 1.165) is 31.7 Å². The number of hydrogen-bond acceptors (Lipinski definition) is 11. The smallest absolute Gasteiger partial charge is 0.413 e. The number of benzene rings is 2. The molecule has 0 saturated heterocycles. The maximum absolute atomic E-state index is 13.4. The van der Waals surface area contributed by atoms with Crippen LogP contribution >= 0.6 is 0 Å². The molecule has 280 valence electrons. The van der Waals surface area contributed by atoms with Gasteiger partial charge in [0, 0.05) is 25.8 Å². The number of carboxylic acids is 1. The highest BCUT2D eigenvalue weighted by molar-refractivity contribution is 5.84. The van der Waals surface area contributed by atoms with Crippen LogP contribution in [0.5, 0.6) is 0 Å². The summed E-state index contributed by atoms with van der Waals surface area (Å²) in [6, 6.07) is 16.2. The second-order valence-electron chi connectivity index (χ2n) is 12.9. The fourth-order valence-corrected chi connectivity index (χ4v) is 5.49. The number of carboxylic acid groups (broad SMARTS) is 1. The van der Waals surface area contributed by atoms with E-state index in [-0.39, 0.29) is 44.7 Å². The molecular weight excluding hydrogens is 678 g/mol. The summed E-state index contributed by atoms with van der Waals surface area (Å²) in [5.74, 6) is -2.36. The highest BCUT2D eigenvalue weighted by Crippen LogP contribution is 2.44. The van der Waals surface area contributed by atoms with E-state index in [0.29, 0.717) is 13.2 Å². The molecule has 1 heterocycles. The molecular formula is C36H45N5O11. The van der Waals surface area contributed by atoms with Crippen LogP contribution in [0, 0.1) is 0 Å². The summed E-state index contributed by atoms with van der Waals surface area (Å²) < 4.78 is 27.9. The maximum atomic E-state index is 13.4. The van der Waals surface area contributed by atoms with Crippen molar-refractivity contribution in [3.63, 3.8) is 0 Å². The number of aliphatic carboxylic acids is 1. The van der Waals surface area contributed by atoms with Crippen molar-refractivity contribution in [2.24, 2.45) is 0 Å². The van der Waals surface area contributed by atoms with Crippen LogP contribution in [0.4, 0.5) is 15.4 Å². The molecule has 2 aromatic carbocycles. The van der Waals surface area contributed by atoms with E-state index in [1.54, 1.807) is 27.9 Å². The largest absolute Gasteiger partial charge is 0.480 e. The molecule has 0 radical (unpaired) electrons. The van der Waals surface area contributed by atoms with E-state index in [4.69, 9.17) is 23.7 Å². The van der Waals surface area contributed by atoms with Gasteiger partial charge in [0.1, 0.15) is 31.1 Å². The van der Waals surface area contributed by atoms with Crippen molar-refractivity contribution in [2.45, 2.75) is 44.9 Å². The Morgan fingerprint density at radius 1 is 0.923 bits per heavy atom. The number of carbonyl (C=O) groups is 4. The van der Waals surface area contributed by atoms with Crippen LogP contribution in [0.3, 0.4) is 0 Å². The van der Waals surface area contributed by atoms with Gasteiger partial charge in [-0.3, -0.25) is 19.5 Å². The molecule has 0 fully saturated rings. The molecule has 1 aromatic heterocycles. The van der Waals surface area contributed by atoms with Gasteiger partial charge in [-0.05, 0) is 49.1 Å². The van der Waals surface area contributed by atoms with Crippen LogP contribution in [0.15, 0.2) is 65.6 Å². The molecule has 16 nitrogen and oxygen atoms in total. The lowest BCUT2D eigenvalue weighted by molar-refractivity contribution is -0.145. The third-order valence-corrected chi connectivity index (χ3v) is 7.72. The highest BCUT2D eigenvalue weighted by atomic mass is 16.6. The monoisotopic (exact) mass is 723 g/mol. The van der Waals surface area contributed by atoms with E-state index in [9.17, 15) is 29.1 Å². The van der Waals surface area contributed by atoms with E-state index >= 15 is 0 Å². The molecule has 3 amide bonds. The first-order valence-electron chi connectivity index (χ1n) is 16.7. The van der Waals surface area contributed by atoms with Crippen molar-refractivity contribution in [3.05, 3.63) is 82.4 Å². The second kappa shape index (κ2) is 18.8. The van der Waals surface area contributed by atoms with E-state index in [2.05, 4.69) is 15.6 Å². The zero-order valence-electron chi connectivity index (χ0n) is 29.7. The Kier molecular flexibility index (Phi) is 14.3. The van der Waals surface area contributed by atoms with Crippen LogP contribution in [0.2, 0.25) is 0 Å². The molecule has 0 bridgehead atoms. The number of anilines is 1. The summed E-state index contributed by atoms with van der Waals surface area (Å²) in [4.78, 5) is 68.0. The Balaban J connectivity index is 1.43. The van der Waals surface area contributed by atoms with Gasteiger partial charge in [-0.15, -0.1) is 0 Å². The number of amides is 3. The summed E-state index contributed by atoms with van der Waals surface area (Å²) in [6.45, 7) is 4.48. The van der Waals surface area contributed by atoms with Gasteiger partial charge in [-0.1, -0.05) is 48.5 Å². The number of nitrogens with zero attached hydrogens (tertiary/aromatic N) is 3. The minimum atomic E-state index is -1.32. The van der Waals surface area contributed by atoms with Gasteiger partial charge >= 0.3 is 23.8 Å². The lowest BCUT2D eigenvalue weighted by atomic mass is 9.98. The number of aromatic nitrogens is 2. The van der Waals surface area contributed by atoms with Crippen molar-refractivity contribution in [2.75, 3.05) is 65.2 Å². The van der Waals surface area contributed by atoms with Gasteiger partial charge in [-0.2, -0.15) is 4.98 Å². The molecule has 4 rings (SSSR count). The first kappa shape index (κ1) is 39.5. The number of methoxy groups -OCH3 is 1. The van der Waals surface area contributed by atoms with Crippen LogP contribution in [-0.2, 0) is 39.8 Å². The van der Waals surface area contributed by atoms with Crippen LogP contribution in [0.25, 0.3) is 11.1 Å². The number of rotatable bonds is 18. The summed E-state index contributed by atoms with van der Waals surface area (Å²) in [7, 11) is 1.55. The predicted molar refractivity (Wildman–Crippen MR) is 188 cm³/mol. The third kappa shape index (κ3) is 11.9. The normalized spacial score (nSPS) is 12.7. The number of carbonyl (C=O) groups excluding carboxylic acids is 3. The van der Waals surface area contributed by atoms with E-state index in [1.807, 2.05) is 48.5 Å².